The highest BCUT2D eigenvalue weighted by Gasteiger charge is 2.11. The first kappa shape index (κ1) is 13.1. The van der Waals surface area contributed by atoms with Gasteiger partial charge in [-0.05, 0) is 24.3 Å². The molecule has 0 aliphatic rings. The molecule has 1 aromatic carbocycles. The average Bonchev–Trinajstić information content (AvgIpc) is 2.34. The van der Waals surface area contributed by atoms with Gasteiger partial charge in [0, 0.05) is 11.1 Å². The lowest BCUT2D eigenvalue weighted by Gasteiger charge is -2.06. The van der Waals surface area contributed by atoms with E-state index in [-0.39, 0.29) is 5.69 Å². The van der Waals surface area contributed by atoms with Crippen molar-refractivity contribution in [3.63, 3.8) is 0 Å². The van der Waals surface area contributed by atoms with Crippen molar-refractivity contribution in [2.75, 3.05) is 0 Å². The predicted octanol–water partition coefficient (Wildman–Crippen LogP) is 3.81. The normalized spacial score (nSPS) is 10.4. The molecule has 2 rings (SSSR count). The van der Waals surface area contributed by atoms with Crippen LogP contribution in [0.5, 0.6) is 0 Å². The minimum atomic E-state index is -0.417. The number of halogens is 3. The van der Waals surface area contributed by atoms with Crippen molar-refractivity contribution >= 4 is 41.1 Å². The van der Waals surface area contributed by atoms with Crippen LogP contribution in [0.25, 0.3) is 11.1 Å². The van der Waals surface area contributed by atoms with E-state index in [1.165, 1.54) is 24.3 Å². The number of benzene rings is 1. The summed E-state index contributed by atoms with van der Waals surface area (Å²) in [6, 6.07) is 5.97. The van der Waals surface area contributed by atoms with Gasteiger partial charge in [-0.15, -0.1) is 0 Å². The molecule has 0 spiro atoms. The molecule has 0 saturated heterocycles. The van der Waals surface area contributed by atoms with E-state index in [1.807, 2.05) is 0 Å². The molecule has 18 heavy (non-hydrogen) atoms. The number of pyridine rings is 1. The van der Waals surface area contributed by atoms with Crippen LogP contribution in [-0.2, 0) is 0 Å². The van der Waals surface area contributed by atoms with E-state index in [2.05, 4.69) is 4.98 Å². The van der Waals surface area contributed by atoms with Crippen LogP contribution in [0.1, 0.15) is 10.5 Å². The van der Waals surface area contributed by atoms with Crippen molar-refractivity contribution in [3.05, 3.63) is 55.4 Å². The number of rotatable bonds is 2. The molecule has 1 aromatic heterocycles. The van der Waals surface area contributed by atoms with E-state index >= 15 is 0 Å². The van der Waals surface area contributed by atoms with Crippen LogP contribution < -0.4 is 5.56 Å². The molecule has 0 amide bonds. The number of aromatic nitrogens is 1. The van der Waals surface area contributed by atoms with Crippen molar-refractivity contribution in [1.29, 1.82) is 0 Å². The molecule has 0 saturated carbocycles. The van der Waals surface area contributed by atoms with Crippen LogP contribution >= 0.6 is 34.8 Å². The van der Waals surface area contributed by atoms with Crippen molar-refractivity contribution < 1.29 is 4.79 Å². The molecular formula is C12H6Cl3NO2. The van der Waals surface area contributed by atoms with Gasteiger partial charge < -0.3 is 4.98 Å². The lowest BCUT2D eigenvalue weighted by atomic mass is 10.1. The molecule has 92 valence electrons. The molecule has 0 aliphatic carbocycles. The van der Waals surface area contributed by atoms with Crippen LogP contribution in [0, 0.1) is 0 Å². The van der Waals surface area contributed by atoms with Crippen molar-refractivity contribution in [3.8, 4) is 11.1 Å². The van der Waals surface area contributed by atoms with Crippen LogP contribution in [0.3, 0.4) is 0 Å². The van der Waals surface area contributed by atoms with Gasteiger partial charge in [-0.3, -0.25) is 9.59 Å². The SMILES string of the molecule is O=Cc1ccc(-c2cc(Cl)c(Cl)cc2Cl)c(=O)[nH]1. The molecule has 0 aliphatic heterocycles. The summed E-state index contributed by atoms with van der Waals surface area (Å²) in [5.74, 6) is 0. The fraction of sp³-hybridized carbons (Fsp3) is 0. The lowest BCUT2D eigenvalue weighted by molar-refractivity contribution is 0.111. The third kappa shape index (κ3) is 2.43. The molecule has 0 atom stereocenters. The quantitative estimate of drug-likeness (QED) is 0.677. The summed E-state index contributed by atoms with van der Waals surface area (Å²) in [4.78, 5) is 24.8. The topological polar surface area (TPSA) is 49.9 Å². The fourth-order valence-corrected chi connectivity index (χ4v) is 2.15. The second-order valence-corrected chi connectivity index (χ2v) is 4.74. The Balaban J connectivity index is 2.66. The summed E-state index contributed by atoms with van der Waals surface area (Å²) >= 11 is 17.7. The second kappa shape index (κ2) is 5.14. The maximum absolute atomic E-state index is 11.8. The minimum Gasteiger partial charge on any atom is -0.319 e. The minimum absolute atomic E-state index is 0.194. The summed E-state index contributed by atoms with van der Waals surface area (Å²) in [6.07, 6.45) is 0.557. The molecule has 0 unspecified atom stereocenters. The average molecular weight is 303 g/mol. The van der Waals surface area contributed by atoms with Gasteiger partial charge >= 0.3 is 0 Å². The van der Waals surface area contributed by atoms with E-state index in [1.54, 1.807) is 0 Å². The zero-order chi connectivity index (χ0) is 13.3. The third-order valence-electron chi connectivity index (χ3n) is 2.36. The molecule has 0 fully saturated rings. The standard InChI is InChI=1S/C12H6Cl3NO2/c13-9-4-11(15)10(14)3-8(9)7-2-1-6(5-17)16-12(7)18/h1-5H,(H,16,18). The Kier molecular flexibility index (Phi) is 3.76. The number of hydrogen-bond donors (Lipinski definition) is 1. The Morgan fingerprint density at radius 1 is 0.944 bits per heavy atom. The Hall–Kier alpha value is -1.29. The number of carbonyl (C=O) groups excluding carboxylic acids is 1. The van der Waals surface area contributed by atoms with Gasteiger partial charge in [-0.1, -0.05) is 34.8 Å². The molecule has 0 radical (unpaired) electrons. The zero-order valence-electron chi connectivity index (χ0n) is 8.84. The van der Waals surface area contributed by atoms with Crippen LogP contribution in [0.15, 0.2) is 29.1 Å². The van der Waals surface area contributed by atoms with Gasteiger partial charge in [0.05, 0.1) is 20.8 Å². The first-order valence-corrected chi connectivity index (χ1v) is 5.99. The molecule has 6 heteroatoms. The third-order valence-corrected chi connectivity index (χ3v) is 3.39. The maximum atomic E-state index is 11.8. The number of nitrogens with one attached hydrogen (secondary N) is 1. The van der Waals surface area contributed by atoms with Crippen LogP contribution in [0.4, 0.5) is 0 Å². The van der Waals surface area contributed by atoms with Gasteiger partial charge in [0.25, 0.3) is 5.56 Å². The second-order valence-electron chi connectivity index (χ2n) is 3.52. The first-order chi connectivity index (χ1) is 8.52. The highest BCUT2D eigenvalue weighted by molar-refractivity contribution is 6.44. The van der Waals surface area contributed by atoms with Crippen molar-refractivity contribution in [1.82, 2.24) is 4.98 Å². The van der Waals surface area contributed by atoms with Gasteiger partial charge in [-0.25, -0.2) is 0 Å². The molecule has 0 bridgehead atoms. The van der Waals surface area contributed by atoms with Crippen LogP contribution in [-0.4, -0.2) is 11.3 Å². The van der Waals surface area contributed by atoms with Gasteiger partial charge in [-0.2, -0.15) is 0 Å². The number of H-pyrrole nitrogens is 1. The van der Waals surface area contributed by atoms with Gasteiger partial charge in [0.1, 0.15) is 0 Å². The van der Waals surface area contributed by atoms with Crippen molar-refractivity contribution in [2.45, 2.75) is 0 Å². The summed E-state index contributed by atoms with van der Waals surface area (Å²) < 4.78 is 0. The zero-order valence-corrected chi connectivity index (χ0v) is 11.1. The van der Waals surface area contributed by atoms with Crippen molar-refractivity contribution in [2.24, 2.45) is 0 Å². The lowest BCUT2D eigenvalue weighted by Crippen LogP contribution is -2.11. The van der Waals surface area contributed by atoms with E-state index in [0.29, 0.717) is 32.5 Å². The van der Waals surface area contributed by atoms with E-state index in [9.17, 15) is 9.59 Å². The monoisotopic (exact) mass is 301 g/mol. The fourth-order valence-electron chi connectivity index (χ4n) is 1.50. The van der Waals surface area contributed by atoms with Crippen LogP contribution in [0.2, 0.25) is 15.1 Å². The molecule has 1 heterocycles. The van der Waals surface area contributed by atoms with Gasteiger partial charge in [0.2, 0.25) is 0 Å². The number of aromatic amines is 1. The largest absolute Gasteiger partial charge is 0.319 e. The molecule has 3 nitrogen and oxygen atoms in total. The first-order valence-electron chi connectivity index (χ1n) is 4.86. The summed E-state index contributed by atoms with van der Waals surface area (Å²) in [5, 5.41) is 0.926. The summed E-state index contributed by atoms with van der Waals surface area (Å²) in [6.45, 7) is 0. The van der Waals surface area contributed by atoms with E-state index in [4.69, 9.17) is 34.8 Å². The Bertz CT molecular complexity index is 680. The summed E-state index contributed by atoms with van der Waals surface area (Å²) in [7, 11) is 0. The summed E-state index contributed by atoms with van der Waals surface area (Å²) in [5.41, 5.74) is 0.564. The maximum Gasteiger partial charge on any atom is 0.256 e. The van der Waals surface area contributed by atoms with E-state index in [0.717, 1.165) is 0 Å². The molecule has 2 aromatic rings. The molecule has 1 N–H and O–H groups in total. The number of hydrogen-bond acceptors (Lipinski definition) is 2. The predicted molar refractivity (Wildman–Crippen MR) is 72.9 cm³/mol. The van der Waals surface area contributed by atoms with Gasteiger partial charge in [0.15, 0.2) is 6.29 Å². The number of carbonyl (C=O) groups is 1. The molecular weight excluding hydrogens is 296 g/mol. The Morgan fingerprint density at radius 3 is 2.22 bits per heavy atom. The smallest absolute Gasteiger partial charge is 0.256 e. The Morgan fingerprint density at radius 2 is 1.61 bits per heavy atom. The Labute approximate surface area is 117 Å². The van der Waals surface area contributed by atoms with E-state index < -0.39 is 5.56 Å². The highest BCUT2D eigenvalue weighted by atomic mass is 35.5. The highest BCUT2D eigenvalue weighted by Crippen LogP contribution is 2.33. The number of aldehydes is 1.